The number of ether oxygens (including phenoxy) is 3. The first kappa shape index (κ1) is 31.1. The molecule has 1 aliphatic heterocycles. The molecule has 1 fully saturated rings. The van der Waals surface area contributed by atoms with Crippen LogP contribution >= 0.6 is 11.3 Å². The van der Waals surface area contributed by atoms with E-state index in [0.717, 1.165) is 41.5 Å². The number of aliphatic hydroxyl groups is 1. The van der Waals surface area contributed by atoms with Gasteiger partial charge in [-0.25, -0.2) is 4.98 Å². The van der Waals surface area contributed by atoms with Crippen LogP contribution in [0.2, 0.25) is 0 Å². The van der Waals surface area contributed by atoms with E-state index in [2.05, 4.69) is 6.92 Å². The second kappa shape index (κ2) is 13.9. The van der Waals surface area contributed by atoms with Gasteiger partial charge in [0.25, 0.3) is 5.78 Å². The van der Waals surface area contributed by atoms with Crippen LogP contribution < -0.4 is 19.1 Å². The molecule has 4 aromatic rings. The molecule has 1 unspecified atom stereocenters. The predicted molar refractivity (Wildman–Crippen MR) is 174 cm³/mol. The van der Waals surface area contributed by atoms with E-state index in [1.807, 2.05) is 45.0 Å². The summed E-state index contributed by atoms with van der Waals surface area (Å²) in [5, 5.41) is 12.0. The summed E-state index contributed by atoms with van der Waals surface area (Å²) < 4.78 is 18.6. The second-order valence-corrected chi connectivity index (χ2v) is 11.7. The summed E-state index contributed by atoms with van der Waals surface area (Å²) in [6.07, 6.45) is 3.93. The highest BCUT2D eigenvalue weighted by Crippen LogP contribution is 2.46. The number of carbonyl (C=O) groups excluding carboxylic acids is 2. The molecule has 0 saturated carbocycles. The summed E-state index contributed by atoms with van der Waals surface area (Å²) in [6, 6.07) is 17.2. The topological polar surface area (TPSA) is 98.2 Å². The summed E-state index contributed by atoms with van der Waals surface area (Å²) in [4.78, 5) is 33.6. The number of amides is 1. The van der Waals surface area contributed by atoms with Crippen LogP contribution in [0.15, 0.2) is 66.2 Å². The molecule has 1 aromatic heterocycles. The van der Waals surface area contributed by atoms with E-state index in [1.165, 1.54) is 16.2 Å². The molecule has 0 spiro atoms. The highest BCUT2D eigenvalue weighted by atomic mass is 32.1. The van der Waals surface area contributed by atoms with Crippen LogP contribution in [0.5, 0.6) is 17.2 Å². The number of nitrogens with zero attached hydrogens (tertiary/aromatic N) is 2. The largest absolute Gasteiger partial charge is 0.507 e. The van der Waals surface area contributed by atoms with Gasteiger partial charge < -0.3 is 19.3 Å². The number of aromatic nitrogens is 1. The molecule has 0 radical (unpaired) electrons. The van der Waals surface area contributed by atoms with Crippen LogP contribution in [0.1, 0.15) is 69.2 Å². The first-order valence-electron chi connectivity index (χ1n) is 15.2. The number of unbranched alkanes of at least 4 members (excludes halogenated alkanes) is 2. The van der Waals surface area contributed by atoms with E-state index < -0.39 is 17.7 Å². The lowest BCUT2D eigenvalue weighted by Gasteiger charge is -2.24. The number of benzene rings is 3. The number of rotatable bonds is 13. The molecule has 8 nitrogen and oxygen atoms in total. The number of Topliss-reactive ketones (excluding diaryl/α,β-unsaturated/α-hetero) is 1. The Labute approximate surface area is 261 Å². The highest BCUT2D eigenvalue weighted by molar-refractivity contribution is 7.22. The van der Waals surface area contributed by atoms with Gasteiger partial charge in [-0.05, 0) is 86.3 Å². The Hall–Kier alpha value is -4.37. The van der Waals surface area contributed by atoms with Gasteiger partial charge in [0, 0.05) is 5.56 Å². The van der Waals surface area contributed by atoms with Crippen LogP contribution in [-0.4, -0.2) is 41.6 Å². The average molecular weight is 615 g/mol. The number of fused-ring (bicyclic) bond motifs is 1. The third-order valence-electron chi connectivity index (χ3n) is 7.37. The van der Waals surface area contributed by atoms with Gasteiger partial charge in [0.1, 0.15) is 11.5 Å². The van der Waals surface area contributed by atoms with Crippen LogP contribution in [0, 0.1) is 6.92 Å². The Balaban J connectivity index is 1.63. The number of carbonyl (C=O) groups is 2. The van der Waals surface area contributed by atoms with Gasteiger partial charge in [-0.15, -0.1) is 0 Å². The SMILES string of the molecule is CCCCCOc1ccc(C2C(=C(O)c3ccc(OCCC)cc3)C(=O)C(=O)N2c2nc3ccc(C)cc3s2)cc1OCC. The number of aryl methyl sites for hydroxylation is 1. The fourth-order valence-electron chi connectivity index (χ4n) is 5.17. The Morgan fingerprint density at radius 3 is 2.41 bits per heavy atom. The Kier molecular flexibility index (Phi) is 9.85. The third kappa shape index (κ3) is 6.43. The van der Waals surface area contributed by atoms with Crippen molar-refractivity contribution in [2.24, 2.45) is 0 Å². The highest BCUT2D eigenvalue weighted by Gasteiger charge is 2.48. The van der Waals surface area contributed by atoms with E-state index in [0.29, 0.717) is 53.3 Å². The van der Waals surface area contributed by atoms with Gasteiger partial charge in [0.2, 0.25) is 0 Å². The molecular weight excluding hydrogens is 576 g/mol. The lowest BCUT2D eigenvalue weighted by atomic mass is 9.95. The lowest BCUT2D eigenvalue weighted by Crippen LogP contribution is -2.29. The van der Waals surface area contributed by atoms with Crippen molar-refractivity contribution in [3.8, 4) is 17.2 Å². The second-order valence-electron chi connectivity index (χ2n) is 10.7. The summed E-state index contributed by atoms with van der Waals surface area (Å²) >= 11 is 1.33. The minimum Gasteiger partial charge on any atom is -0.507 e. The molecule has 2 heterocycles. The van der Waals surface area contributed by atoms with Crippen molar-refractivity contribution in [2.45, 2.75) is 59.4 Å². The van der Waals surface area contributed by atoms with Gasteiger partial charge in [-0.2, -0.15) is 0 Å². The van der Waals surface area contributed by atoms with Gasteiger partial charge in [0.05, 0.1) is 41.7 Å². The Bertz CT molecular complexity index is 1680. The first-order chi connectivity index (χ1) is 21.4. The van der Waals surface area contributed by atoms with E-state index >= 15 is 0 Å². The smallest absolute Gasteiger partial charge is 0.301 e. The van der Waals surface area contributed by atoms with Crippen molar-refractivity contribution in [3.63, 3.8) is 0 Å². The molecule has 1 amide bonds. The Morgan fingerprint density at radius 1 is 0.886 bits per heavy atom. The molecule has 3 aromatic carbocycles. The molecule has 0 bridgehead atoms. The maximum absolute atomic E-state index is 13.8. The molecule has 0 aliphatic carbocycles. The number of hydrogen-bond acceptors (Lipinski definition) is 8. The number of aliphatic hydroxyl groups excluding tert-OH is 1. The minimum absolute atomic E-state index is 0.0216. The van der Waals surface area contributed by atoms with Gasteiger partial charge in [-0.1, -0.05) is 50.2 Å². The fraction of sp³-hybridized carbons (Fsp3) is 0.343. The van der Waals surface area contributed by atoms with Crippen molar-refractivity contribution in [3.05, 3.63) is 82.9 Å². The zero-order chi connectivity index (χ0) is 31.2. The monoisotopic (exact) mass is 614 g/mol. The summed E-state index contributed by atoms with van der Waals surface area (Å²) in [5.41, 5.74) is 2.76. The maximum atomic E-state index is 13.8. The molecule has 5 rings (SSSR count). The normalized spacial score (nSPS) is 16.1. The molecule has 1 aliphatic rings. The van der Waals surface area contributed by atoms with E-state index in [1.54, 1.807) is 36.4 Å². The zero-order valence-electron chi connectivity index (χ0n) is 25.6. The van der Waals surface area contributed by atoms with Crippen molar-refractivity contribution in [1.29, 1.82) is 0 Å². The number of thiazole rings is 1. The van der Waals surface area contributed by atoms with Crippen LogP contribution in [0.3, 0.4) is 0 Å². The van der Waals surface area contributed by atoms with Crippen molar-refractivity contribution in [2.75, 3.05) is 24.7 Å². The maximum Gasteiger partial charge on any atom is 0.301 e. The minimum atomic E-state index is -0.943. The lowest BCUT2D eigenvalue weighted by molar-refractivity contribution is -0.132. The quantitative estimate of drug-likeness (QED) is 0.0705. The number of anilines is 1. The van der Waals surface area contributed by atoms with E-state index in [9.17, 15) is 14.7 Å². The molecule has 1 N–H and O–H groups in total. The summed E-state index contributed by atoms with van der Waals surface area (Å²) in [7, 11) is 0. The van der Waals surface area contributed by atoms with Crippen molar-refractivity contribution >= 4 is 44.1 Å². The summed E-state index contributed by atoms with van der Waals surface area (Å²) in [5.74, 6) is -0.0693. The van der Waals surface area contributed by atoms with Crippen LogP contribution in [0.4, 0.5) is 5.13 Å². The standard InChI is InChI=1S/C35H38N2O6S/c1-5-8-9-19-43-27-17-13-24(21-28(27)41-7-3)31-30(32(38)23-11-14-25(15-12-23)42-18-6-2)33(39)34(40)37(31)35-36-26-16-10-22(4)20-29(26)44-35/h10-17,20-21,31,38H,5-9,18-19H2,1-4H3. The third-order valence-corrected chi connectivity index (χ3v) is 8.39. The number of ketones is 1. The molecule has 230 valence electrons. The molecular formula is C35H38N2O6S. The van der Waals surface area contributed by atoms with Crippen LogP contribution in [-0.2, 0) is 9.59 Å². The molecule has 44 heavy (non-hydrogen) atoms. The first-order valence-corrected chi connectivity index (χ1v) is 16.0. The van der Waals surface area contributed by atoms with Gasteiger partial charge in [-0.3, -0.25) is 14.5 Å². The van der Waals surface area contributed by atoms with Gasteiger partial charge in [0.15, 0.2) is 16.6 Å². The molecule has 1 atom stereocenters. The zero-order valence-corrected chi connectivity index (χ0v) is 26.4. The van der Waals surface area contributed by atoms with Crippen LogP contribution in [0.25, 0.3) is 16.0 Å². The van der Waals surface area contributed by atoms with Crippen molar-refractivity contribution in [1.82, 2.24) is 4.98 Å². The fourth-order valence-corrected chi connectivity index (χ4v) is 6.26. The Morgan fingerprint density at radius 2 is 1.68 bits per heavy atom. The van der Waals surface area contributed by atoms with Gasteiger partial charge >= 0.3 is 5.91 Å². The van der Waals surface area contributed by atoms with Crippen molar-refractivity contribution < 1.29 is 28.9 Å². The summed E-state index contributed by atoms with van der Waals surface area (Å²) in [6.45, 7) is 9.55. The van der Waals surface area contributed by atoms with E-state index in [-0.39, 0.29) is 11.3 Å². The number of hydrogen-bond donors (Lipinski definition) is 1. The molecule has 9 heteroatoms. The predicted octanol–water partition coefficient (Wildman–Crippen LogP) is 7.99. The molecule has 1 saturated heterocycles. The average Bonchev–Trinajstić information content (AvgIpc) is 3.56. The van der Waals surface area contributed by atoms with E-state index in [4.69, 9.17) is 19.2 Å².